The zero-order valence-corrected chi connectivity index (χ0v) is 21.8. The zero-order chi connectivity index (χ0) is 27.0. The van der Waals surface area contributed by atoms with Crippen LogP contribution < -0.4 is 19.3 Å². The summed E-state index contributed by atoms with van der Waals surface area (Å²) in [5, 5.41) is 0. The lowest BCUT2D eigenvalue weighted by Gasteiger charge is -2.49. The number of carbonyl (C=O) groups excluding carboxylic acids is 4. The first kappa shape index (κ1) is 24.3. The van der Waals surface area contributed by atoms with E-state index in [1.807, 2.05) is 24.3 Å². The summed E-state index contributed by atoms with van der Waals surface area (Å²) in [6, 6.07) is 11.2. The monoisotopic (exact) mass is 518 g/mol. The molecule has 4 atom stereocenters. The number of amides is 4. The van der Waals surface area contributed by atoms with Crippen molar-refractivity contribution < 1.29 is 28.7 Å². The Kier molecular flexibility index (Phi) is 5.24. The van der Waals surface area contributed by atoms with E-state index in [0.29, 0.717) is 48.8 Å². The molecule has 10 nitrogen and oxygen atoms in total. The predicted octanol–water partition coefficient (Wildman–Crippen LogP) is 1.99. The van der Waals surface area contributed by atoms with Crippen molar-refractivity contribution in [2.75, 3.05) is 37.1 Å². The SMILES string of the molecule is COc1ccc2c(c1)[C@]1([C@@]34CCN(C(C)=O)[C@@H]3N(C=O)c3ccc(OC)cc34)CCN(C(C)=O)[C@@H]1N2C=O. The minimum Gasteiger partial charge on any atom is -0.497 e. The van der Waals surface area contributed by atoms with Crippen LogP contribution in [0.25, 0.3) is 0 Å². The van der Waals surface area contributed by atoms with E-state index in [1.165, 1.54) is 13.8 Å². The van der Waals surface area contributed by atoms with Crippen LogP contribution in [0.3, 0.4) is 0 Å². The van der Waals surface area contributed by atoms with Crippen LogP contribution in [0, 0.1) is 0 Å². The van der Waals surface area contributed by atoms with E-state index < -0.39 is 23.2 Å². The standard InChI is InChI=1S/C28H30N4O6/c1-17(35)29-11-9-27(21-13-19(37-3)5-7-23(21)31(15-33)25(27)29)28-10-12-30(18(2)36)26(28)32(16-34)24-8-6-20(38-4)14-22(24)28/h5-8,13-16,25-26H,9-12H2,1-4H3/t25-,26-,27-,28-/m1/s1. The maximum Gasteiger partial charge on any atom is 0.221 e. The molecule has 0 N–H and O–H groups in total. The van der Waals surface area contributed by atoms with Gasteiger partial charge in [0.05, 0.1) is 25.0 Å². The molecule has 0 aliphatic carbocycles. The molecule has 2 aromatic rings. The number of nitrogens with zero attached hydrogens (tertiary/aromatic N) is 4. The number of ether oxygens (including phenoxy) is 2. The van der Waals surface area contributed by atoms with Crippen molar-refractivity contribution in [1.29, 1.82) is 0 Å². The highest BCUT2D eigenvalue weighted by Gasteiger charge is 2.75. The molecular weight excluding hydrogens is 488 g/mol. The summed E-state index contributed by atoms with van der Waals surface area (Å²) in [5.41, 5.74) is 1.46. The molecular formula is C28H30N4O6. The topological polar surface area (TPSA) is 99.7 Å². The predicted molar refractivity (Wildman–Crippen MR) is 138 cm³/mol. The summed E-state index contributed by atoms with van der Waals surface area (Å²) < 4.78 is 11.2. The summed E-state index contributed by atoms with van der Waals surface area (Å²) in [7, 11) is 3.18. The number of hydrogen-bond donors (Lipinski definition) is 0. The Balaban J connectivity index is 1.74. The average Bonchev–Trinajstić information content (AvgIpc) is 3.63. The first-order valence-electron chi connectivity index (χ1n) is 12.7. The smallest absolute Gasteiger partial charge is 0.221 e. The second-order valence-electron chi connectivity index (χ2n) is 10.4. The average molecular weight is 519 g/mol. The minimum absolute atomic E-state index is 0.144. The van der Waals surface area contributed by atoms with Gasteiger partial charge in [0.15, 0.2) is 0 Å². The summed E-state index contributed by atoms with van der Waals surface area (Å²) in [6.07, 6.45) is 1.35. The number of carbonyl (C=O) groups is 4. The molecule has 198 valence electrons. The quantitative estimate of drug-likeness (QED) is 0.562. The van der Waals surface area contributed by atoms with Crippen LogP contribution in [0.5, 0.6) is 11.5 Å². The molecule has 0 unspecified atom stereocenters. The highest BCUT2D eigenvalue weighted by molar-refractivity contribution is 5.92. The van der Waals surface area contributed by atoms with Gasteiger partial charge in [-0.3, -0.25) is 29.0 Å². The van der Waals surface area contributed by atoms with Crippen molar-refractivity contribution in [3.8, 4) is 11.5 Å². The van der Waals surface area contributed by atoms with E-state index in [0.717, 1.165) is 23.9 Å². The van der Waals surface area contributed by atoms with E-state index in [9.17, 15) is 19.2 Å². The number of likely N-dealkylation sites (tertiary alicyclic amines) is 2. The van der Waals surface area contributed by atoms with Gasteiger partial charge in [-0.2, -0.15) is 0 Å². The molecule has 4 aliphatic heterocycles. The Bertz CT molecular complexity index is 1280. The maximum atomic E-state index is 13.0. The van der Waals surface area contributed by atoms with Gasteiger partial charge in [-0.25, -0.2) is 0 Å². The first-order valence-corrected chi connectivity index (χ1v) is 12.7. The van der Waals surface area contributed by atoms with Crippen LogP contribution in [-0.4, -0.2) is 74.1 Å². The third-order valence-electron chi connectivity index (χ3n) is 9.25. The van der Waals surface area contributed by atoms with Crippen LogP contribution >= 0.6 is 0 Å². The van der Waals surface area contributed by atoms with E-state index in [1.54, 1.807) is 46.0 Å². The molecule has 2 aromatic carbocycles. The Morgan fingerprint density at radius 2 is 1.16 bits per heavy atom. The summed E-state index contributed by atoms with van der Waals surface area (Å²) in [6.45, 7) is 3.88. The molecule has 4 aliphatic rings. The fraction of sp³-hybridized carbons (Fsp3) is 0.429. The van der Waals surface area contributed by atoms with Gasteiger partial charge in [-0.15, -0.1) is 0 Å². The van der Waals surface area contributed by atoms with Crippen LogP contribution in [0.15, 0.2) is 36.4 Å². The maximum absolute atomic E-state index is 13.0. The Hall–Kier alpha value is -4.08. The van der Waals surface area contributed by atoms with Crippen molar-refractivity contribution in [3.63, 3.8) is 0 Å². The second-order valence-corrected chi connectivity index (χ2v) is 10.4. The van der Waals surface area contributed by atoms with Crippen molar-refractivity contribution in [3.05, 3.63) is 47.5 Å². The molecule has 10 heteroatoms. The molecule has 38 heavy (non-hydrogen) atoms. The fourth-order valence-electron chi connectivity index (χ4n) is 7.94. The second kappa shape index (κ2) is 8.21. The van der Waals surface area contributed by atoms with Gasteiger partial charge in [0.1, 0.15) is 23.8 Å². The number of benzene rings is 2. The highest BCUT2D eigenvalue weighted by Crippen LogP contribution is 2.69. The third kappa shape index (κ3) is 2.67. The molecule has 2 fully saturated rings. The number of methoxy groups -OCH3 is 2. The van der Waals surface area contributed by atoms with Gasteiger partial charge in [-0.05, 0) is 60.4 Å². The Labute approximate surface area is 220 Å². The molecule has 0 spiro atoms. The molecule has 6 rings (SSSR count). The van der Waals surface area contributed by atoms with Crippen molar-refractivity contribution in [2.45, 2.75) is 49.9 Å². The lowest BCUT2D eigenvalue weighted by Crippen LogP contribution is -2.64. The van der Waals surface area contributed by atoms with Crippen molar-refractivity contribution in [2.24, 2.45) is 0 Å². The molecule has 4 amide bonds. The summed E-state index contributed by atoms with van der Waals surface area (Å²) in [5.74, 6) is 0.964. The van der Waals surface area contributed by atoms with Gasteiger partial charge >= 0.3 is 0 Å². The van der Waals surface area contributed by atoms with E-state index >= 15 is 0 Å². The molecule has 0 bridgehead atoms. The minimum atomic E-state index is -0.836. The fourth-order valence-corrected chi connectivity index (χ4v) is 7.94. The molecule has 4 heterocycles. The molecule has 0 aromatic heterocycles. The number of fused-ring (bicyclic) bond motifs is 7. The summed E-state index contributed by atoms with van der Waals surface area (Å²) >= 11 is 0. The van der Waals surface area contributed by atoms with E-state index in [-0.39, 0.29) is 11.8 Å². The summed E-state index contributed by atoms with van der Waals surface area (Å²) in [4.78, 5) is 58.2. The van der Waals surface area contributed by atoms with Crippen molar-refractivity contribution in [1.82, 2.24) is 9.80 Å². The highest BCUT2D eigenvalue weighted by atomic mass is 16.5. The van der Waals surface area contributed by atoms with Crippen LogP contribution in [-0.2, 0) is 30.0 Å². The molecule has 0 radical (unpaired) electrons. The van der Waals surface area contributed by atoms with Gasteiger partial charge < -0.3 is 19.3 Å². The lowest BCUT2D eigenvalue weighted by atomic mass is 9.55. The van der Waals surface area contributed by atoms with Crippen LogP contribution in [0.2, 0.25) is 0 Å². The normalized spacial score (nSPS) is 28.5. The largest absolute Gasteiger partial charge is 0.497 e. The van der Waals surface area contributed by atoms with Crippen LogP contribution in [0.1, 0.15) is 37.8 Å². The van der Waals surface area contributed by atoms with Gasteiger partial charge in [0.2, 0.25) is 24.6 Å². The van der Waals surface area contributed by atoms with Gasteiger partial charge in [0.25, 0.3) is 0 Å². The van der Waals surface area contributed by atoms with Gasteiger partial charge in [-0.1, -0.05) is 0 Å². The lowest BCUT2D eigenvalue weighted by molar-refractivity contribution is -0.133. The van der Waals surface area contributed by atoms with Crippen molar-refractivity contribution >= 4 is 36.0 Å². The number of anilines is 2. The first-order chi connectivity index (χ1) is 18.3. The number of hydrogen-bond acceptors (Lipinski definition) is 6. The van der Waals surface area contributed by atoms with E-state index in [4.69, 9.17) is 9.47 Å². The Morgan fingerprint density at radius 3 is 1.47 bits per heavy atom. The zero-order valence-electron chi connectivity index (χ0n) is 21.8. The van der Waals surface area contributed by atoms with Crippen LogP contribution in [0.4, 0.5) is 11.4 Å². The van der Waals surface area contributed by atoms with Gasteiger partial charge in [0, 0.05) is 38.3 Å². The molecule has 2 saturated heterocycles. The van der Waals surface area contributed by atoms with E-state index in [2.05, 4.69) is 0 Å². The number of rotatable bonds is 5. The molecule has 0 saturated carbocycles. The third-order valence-corrected chi connectivity index (χ3v) is 9.25. The Morgan fingerprint density at radius 1 is 0.763 bits per heavy atom.